The summed E-state index contributed by atoms with van der Waals surface area (Å²) in [6.45, 7) is 7.84. The van der Waals surface area contributed by atoms with E-state index in [1.54, 1.807) is 23.5 Å². The molecule has 1 aromatic heterocycles. The molecule has 2 aliphatic rings. The minimum absolute atomic E-state index is 0.0527. The Labute approximate surface area is 228 Å². The zero-order valence-electron chi connectivity index (χ0n) is 22.7. The van der Waals surface area contributed by atoms with Gasteiger partial charge in [-0.2, -0.15) is 0 Å². The molecule has 0 spiro atoms. The zero-order chi connectivity index (χ0) is 27.5. The predicted molar refractivity (Wildman–Crippen MR) is 147 cm³/mol. The first-order valence-electron chi connectivity index (χ1n) is 13.6. The van der Waals surface area contributed by atoms with Crippen LogP contribution >= 0.6 is 0 Å². The summed E-state index contributed by atoms with van der Waals surface area (Å²) < 4.78 is 13.7. The highest BCUT2D eigenvalue weighted by Gasteiger charge is 2.46. The molecule has 0 radical (unpaired) electrons. The fourth-order valence-electron chi connectivity index (χ4n) is 5.21. The number of aryl methyl sites for hydroxylation is 1. The van der Waals surface area contributed by atoms with Crippen LogP contribution in [0, 0.1) is 5.92 Å². The van der Waals surface area contributed by atoms with Gasteiger partial charge in [0, 0.05) is 37.5 Å². The summed E-state index contributed by atoms with van der Waals surface area (Å²) in [6.07, 6.45) is 7.61. The highest BCUT2D eigenvalue weighted by atomic mass is 16.5. The van der Waals surface area contributed by atoms with Crippen LogP contribution in [0.25, 0.3) is 5.76 Å². The minimum atomic E-state index is -0.732. The van der Waals surface area contributed by atoms with Gasteiger partial charge >= 0.3 is 0 Å². The number of aliphatic hydroxyl groups excluding tert-OH is 1. The van der Waals surface area contributed by atoms with E-state index in [1.165, 1.54) is 0 Å². The van der Waals surface area contributed by atoms with Crippen molar-refractivity contribution in [3.05, 3.63) is 83.4 Å². The number of rotatable bonds is 10. The van der Waals surface area contributed by atoms with Crippen molar-refractivity contribution in [1.82, 2.24) is 14.5 Å². The lowest BCUT2D eigenvalue weighted by atomic mass is 9.94. The van der Waals surface area contributed by atoms with Gasteiger partial charge in [0.15, 0.2) is 0 Å². The van der Waals surface area contributed by atoms with Gasteiger partial charge in [-0.3, -0.25) is 9.59 Å². The number of Topliss-reactive ketones (excluding diaryl/α,β-unsaturated/α-hetero) is 1. The molecule has 0 saturated carbocycles. The first kappa shape index (κ1) is 26.5. The summed E-state index contributed by atoms with van der Waals surface area (Å²) in [5.41, 5.74) is 2.28. The van der Waals surface area contributed by atoms with Crippen molar-refractivity contribution in [3.63, 3.8) is 0 Å². The van der Waals surface area contributed by atoms with Gasteiger partial charge in [0.05, 0.1) is 24.5 Å². The van der Waals surface area contributed by atoms with Crippen molar-refractivity contribution in [2.45, 2.75) is 58.7 Å². The van der Waals surface area contributed by atoms with Gasteiger partial charge in [0.2, 0.25) is 0 Å². The highest BCUT2D eigenvalue weighted by molar-refractivity contribution is 6.46. The number of ether oxygens (including phenoxy) is 2. The summed E-state index contributed by atoms with van der Waals surface area (Å²) in [6, 6.07) is 12.1. The molecule has 0 bridgehead atoms. The monoisotopic (exact) mass is 529 g/mol. The molecular weight excluding hydrogens is 494 g/mol. The SMILES string of the molecule is CC(C)CCOc1cccc([C@@H]2C(=C(O)c3ccc4c(c3)C[C@@H](C)O4)C(=O)C(=O)N2CCCn2ccnc2)c1. The number of carbonyl (C=O) groups is 2. The molecule has 8 nitrogen and oxygen atoms in total. The zero-order valence-corrected chi connectivity index (χ0v) is 22.7. The number of carbonyl (C=O) groups excluding carboxylic acids is 2. The first-order valence-corrected chi connectivity index (χ1v) is 13.6. The van der Waals surface area contributed by atoms with Gasteiger partial charge in [-0.05, 0) is 67.1 Å². The Morgan fingerprint density at radius 2 is 2.03 bits per heavy atom. The maximum atomic E-state index is 13.4. The maximum Gasteiger partial charge on any atom is 0.295 e. The Morgan fingerprint density at radius 3 is 2.79 bits per heavy atom. The van der Waals surface area contributed by atoms with Gasteiger partial charge in [-0.1, -0.05) is 26.0 Å². The molecule has 2 atom stereocenters. The summed E-state index contributed by atoms with van der Waals surface area (Å²) >= 11 is 0. The molecule has 1 fully saturated rings. The quantitative estimate of drug-likeness (QED) is 0.222. The summed E-state index contributed by atoms with van der Waals surface area (Å²) in [5, 5.41) is 11.5. The van der Waals surface area contributed by atoms with Crippen molar-refractivity contribution < 1.29 is 24.2 Å². The average molecular weight is 530 g/mol. The largest absolute Gasteiger partial charge is 0.507 e. The molecule has 8 heteroatoms. The van der Waals surface area contributed by atoms with E-state index in [2.05, 4.69) is 18.8 Å². The molecule has 0 unspecified atom stereocenters. The number of aromatic nitrogens is 2. The molecule has 2 aliphatic heterocycles. The van der Waals surface area contributed by atoms with Crippen LogP contribution in [0.2, 0.25) is 0 Å². The third kappa shape index (κ3) is 5.70. The molecular formula is C31H35N3O5. The molecule has 5 rings (SSSR count). The van der Waals surface area contributed by atoms with Crippen LogP contribution in [0.3, 0.4) is 0 Å². The Hall–Kier alpha value is -4.07. The first-order chi connectivity index (χ1) is 18.8. The average Bonchev–Trinajstić information content (AvgIpc) is 3.62. The van der Waals surface area contributed by atoms with Crippen molar-refractivity contribution in [2.24, 2.45) is 5.92 Å². The fourth-order valence-corrected chi connectivity index (χ4v) is 5.21. The second kappa shape index (κ2) is 11.4. The fraction of sp³-hybridized carbons (Fsp3) is 0.387. The normalized spacial score (nSPS) is 19.9. The maximum absolute atomic E-state index is 13.4. The number of ketones is 1. The van der Waals surface area contributed by atoms with E-state index >= 15 is 0 Å². The Balaban J connectivity index is 1.50. The standard InChI is InChI=1S/C31H35N3O5/c1-20(2)10-15-38-25-7-4-6-22(18-25)28-27(29(35)23-8-9-26-24(17-23)16-21(3)39-26)30(36)31(37)34(28)13-5-12-33-14-11-32-19-33/h4,6-9,11,14,17-21,28,35H,5,10,12-13,15-16H2,1-3H3/t21-,28-/m1/s1. The van der Waals surface area contributed by atoms with Crippen LogP contribution in [0.15, 0.2) is 66.8 Å². The topological polar surface area (TPSA) is 93.9 Å². The Morgan fingerprint density at radius 1 is 1.18 bits per heavy atom. The van der Waals surface area contributed by atoms with Crippen molar-refractivity contribution in [1.29, 1.82) is 0 Å². The van der Waals surface area contributed by atoms with Gasteiger partial charge in [0.25, 0.3) is 11.7 Å². The molecule has 1 N–H and O–H groups in total. The summed E-state index contributed by atoms with van der Waals surface area (Å²) in [4.78, 5) is 32.4. The summed E-state index contributed by atoms with van der Waals surface area (Å²) in [7, 11) is 0. The van der Waals surface area contributed by atoms with Crippen LogP contribution < -0.4 is 9.47 Å². The van der Waals surface area contributed by atoms with E-state index in [0.717, 1.165) is 29.7 Å². The predicted octanol–water partition coefficient (Wildman–Crippen LogP) is 5.14. The van der Waals surface area contributed by atoms with Crippen LogP contribution in [0.5, 0.6) is 11.5 Å². The van der Waals surface area contributed by atoms with E-state index in [0.29, 0.717) is 43.3 Å². The van der Waals surface area contributed by atoms with Crippen LogP contribution in [0.4, 0.5) is 0 Å². The van der Waals surface area contributed by atoms with E-state index < -0.39 is 17.7 Å². The second-order valence-corrected chi connectivity index (χ2v) is 10.7. The Kier molecular flexibility index (Phi) is 7.72. The number of imidazole rings is 1. The van der Waals surface area contributed by atoms with Gasteiger partial charge < -0.3 is 24.0 Å². The number of nitrogens with zero attached hydrogens (tertiary/aromatic N) is 3. The third-order valence-corrected chi connectivity index (χ3v) is 7.22. The molecule has 204 valence electrons. The van der Waals surface area contributed by atoms with E-state index in [4.69, 9.17) is 9.47 Å². The molecule has 2 aromatic carbocycles. The minimum Gasteiger partial charge on any atom is -0.507 e. The lowest BCUT2D eigenvalue weighted by Crippen LogP contribution is -2.31. The third-order valence-electron chi connectivity index (χ3n) is 7.22. The van der Waals surface area contributed by atoms with Gasteiger partial charge in [0.1, 0.15) is 23.4 Å². The molecule has 39 heavy (non-hydrogen) atoms. The molecule has 0 aliphatic carbocycles. The van der Waals surface area contributed by atoms with E-state index in [1.807, 2.05) is 54.1 Å². The molecule has 1 saturated heterocycles. The van der Waals surface area contributed by atoms with Crippen molar-refractivity contribution in [2.75, 3.05) is 13.2 Å². The van der Waals surface area contributed by atoms with Gasteiger partial charge in [-0.25, -0.2) is 4.98 Å². The lowest BCUT2D eigenvalue weighted by molar-refractivity contribution is -0.139. The van der Waals surface area contributed by atoms with E-state index in [-0.39, 0.29) is 17.4 Å². The van der Waals surface area contributed by atoms with Crippen LogP contribution in [-0.2, 0) is 22.6 Å². The Bertz CT molecular complexity index is 1380. The number of amides is 1. The van der Waals surface area contributed by atoms with Crippen molar-refractivity contribution in [3.8, 4) is 11.5 Å². The number of benzene rings is 2. The second-order valence-electron chi connectivity index (χ2n) is 10.7. The van der Waals surface area contributed by atoms with E-state index in [9.17, 15) is 14.7 Å². The number of aliphatic hydroxyl groups is 1. The highest BCUT2D eigenvalue weighted by Crippen LogP contribution is 2.41. The number of hydrogen-bond donors (Lipinski definition) is 1. The van der Waals surface area contributed by atoms with Crippen LogP contribution in [0.1, 0.15) is 56.3 Å². The molecule has 3 aromatic rings. The van der Waals surface area contributed by atoms with Crippen LogP contribution in [-0.4, -0.2) is 50.5 Å². The number of likely N-dealkylation sites (tertiary alicyclic amines) is 1. The number of hydrogen-bond acceptors (Lipinski definition) is 6. The van der Waals surface area contributed by atoms with Gasteiger partial charge in [-0.15, -0.1) is 0 Å². The smallest absolute Gasteiger partial charge is 0.295 e. The lowest BCUT2D eigenvalue weighted by Gasteiger charge is -2.26. The van der Waals surface area contributed by atoms with Crippen molar-refractivity contribution >= 4 is 17.4 Å². The molecule has 3 heterocycles. The molecule has 1 amide bonds. The number of fused-ring (bicyclic) bond motifs is 1. The summed E-state index contributed by atoms with van der Waals surface area (Å²) in [5.74, 6) is 0.482.